The van der Waals surface area contributed by atoms with E-state index < -0.39 is 69.0 Å². The summed E-state index contributed by atoms with van der Waals surface area (Å²) in [6.07, 6.45) is 1.54. The minimum absolute atomic E-state index is 0.0138. The first kappa shape index (κ1) is 40.8. The Labute approximate surface area is 330 Å². The van der Waals surface area contributed by atoms with Crippen LogP contribution in [-0.2, 0) is 50.7 Å². The Morgan fingerprint density at radius 2 is 1.61 bits per heavy atom. The zero-order valence-electron chi connectivity index (χ0n) is 31.2. The number of esters is 1. The fourth-order valence-electron chi connectivity index (χ4n) is 7.36. The van der Waals surface area contributed by atoms with Gasteiger partial charge in [-0.2, -0.15) is 0 Å². The highest BCUT2D eigenvalue weighted by molar-refractivity contribution is 8.03. The maximum absolute atomic E-state index is 14.3. The normalized spacial score (nSPS) is 21.8. The van der Waals surface area contributed by atoms with Crippen LogP contribution in [-0.4, -0.2) is 111 Å². The number of benzene rings is 2. The van der Waals surface area contributed by atoms with E-state index in [1.165, 1.54) is 81.9 Å². The molecule has 57 heavy (non-hydrogen) atoms. The number of ether oxygens (including phenoxy) is 2. The highest BCUT2D eigenvalue weighted by Gasteiger charge is 2.60. The van der Waals surface area contributed by atoms with Gasteiger partial charge in [-0.1, -0.05) is 6.92 Å². The number of fused-ring (bicyclic) bond motifs is 1. The molecule has 0 spiro atoms. The first-order valence-electron chi connectivity index (χ1n) is 18.0. The number of hydrogen-bond acceptors (Lipinski definition) is 14. The number of thioether (sulfide) groups is 1. The summed E-state index contributed by atoms with van der Waals surface area (Å²) in [6.45, 7) is 2.43. The van der Waals surface area contributed by atoms with Crippen molar-refractivity contribution in [3.8, 4) is 0 Å². The SMILES string of the molecule is C[C@@H](O)[C@H]1C(=O)N2C(C(=O)OCc3ccc([N+](=O)[O-])cc3)=C(S[C@H]3C[C@@H](C(=O)N(CCO)Cc4nccn4C)N(C(=O)OCc4ccc([N+](=O)[O-])cc4)C3)[C@H](C)[C@H]12. The summed E-state index contributed by atoms with van der Waals surface area (Å²) >= 11 is 1.22. The number of carbonyl (C=O) groups is 4. The topological polar surface area (TPSA) is 241 Å². The summed E-state index contributed by atoms with van der Waals surface area (Å²) < 4.78 is 13.0. The van der Waals surface area contributed by atoms with Gasteiger partial charge in [0.1, 0.15) is 30.8 Å². The number of likely N-dealkylation sites (tertiary alicyclic amines) is 1. The van der Waals surface area contributed by atoms with Crippen LogP contribution in [0.3, 0.4) is 0 Å². The number of nitro benzene ring substituents is 2. The lowest BCUT2D eigenvalue weighted by Crippen LogP contribution is -2.63. The Hall–Kier alpha value is -5.86. The Morgan fingerprint density at radius 3 is 2.14 bits per heavy atom. The predicted molar refractivity (Wildman–Crippen MR) is 200 cm³/mol. The summed E-state index contributed by atoms with van der Waals surface area (Å²) in [5, 5.41) is 42.1. The van der Waals surface area contributed by atoms with Crippen LogP contribution in [0.25, 0.3) is 0 Å². The van der Waals surface area contributed by atoms with Gasteiger partial charge < -0.3 is 34.1 Å². The summed E-state index contributed by atoms with van der Waals surface area (Å²) in [5.74, 6) is -2.44. The molecule has 0 saturated carbocycles. The molecule has 0 radical (unpaired) electrons. The van der Waals surface area contributed by atoms with Gasteiger partial charge in [0, 0.05) is 72.9 Å². The van der Waals surface area contributed by atoms with E-state index in [2.05, 4.69) is 4.98 Å². The molecule has 3 amide bonds. The Bertz CT molecular complexity index is 2070. The van der Waals surface area contributed by atoms with E-state index in [9.17, 15) is 49.6 Å². The van der Waals surface area contributed by atoms with Gasteiger partial charge in [0.05, 0.1) is 41.1 Å². The van der Waals surface area contributed by atoms with Crippen molar-refractivity contribution >= 4 is 47.0 Å². The second-order valence-corrected chi connectivity index (χ2v) is 15.4. The van der Waals surface area contributed by atoms with Gasteiger partial charge in [-0.15, -0.1) is 11.8 Å². The number of nitro groups is 2. The molecular formula is C37H41N7O12S. The molecular weight excluding hydrogens is 767 g/mol. The summed E-state index contributed by atoms with van der Waals surface area (Å²) in [5.41, 5.74) is 0.662. The third-order valence-electron chi connectivity index (χ3n) is 10.3. The Morgan fingerprint density at radius 1 is 1.02 bits per heavy atom. The number of nitrogens with zero attached hydrogens (tertiary/aromatic N) is 7. The van der Waals surface area contributed by atoms with E-state index in [1.807, 2.05) is 6.92 Å². The molecule has 19 nitrogen and oxygen atoms in total. The Kier molecular flexibility index (Phi) is 12.2. The lowest BCUT2D eigenvalue weighted by Gasteiger charge is -2.46. The van der Waals surface area contributed by atoms with Gasteiger partial charge in [0.15, 0.2) is 0 Å². The van der Waals surface area contributed by atoms with Gasteiger partial charge in [0.2, 0.25) is 11.8 Å². The molecule has 3 aliphatic rings. The quantitative estimate of drug-likeness (QED) is 0.0972. The van der Waals surface area contributed by atoms with Crippen LogP contribution in [0, 0.1) is 32.1 Å². The number of carbonyl (C=O) groups excluding carboxylic acids is 4. The molecule has 0 unspecified atom stereocenters. The fraction of sp³-hybridized carbons (Fsp3) is 0.432. The van der Waals surface area contributed by atoms with Crippen LogP contribution >= 0.6 is 11.8 Å². The number of imidazole rings is 1. The number of hydrogen-bond donors (Lipinski definition) is 2. The fourth-order valence-corrected chi connectivity index (χ4v) is 8.88. The van der Waals surface area contributed by atoms with Crippen LogP contribution in [0.1, 0.15) is 37.2 Å². The van der Waals surface area contributed by atoms with Gasteiger partial charge in [0.25, 0.3) is 11.4 Å². The van der Waals surface area contributed by atoms with Crippen molar-refractivity contribution in [1.82, 2.24) is 24.3 Å². The van der Waals surface area contributed by atoms with Gasteiger partial charge >= 0.3 is 12.1 Å². The van der Waals surface area contributed by atoms with Crippen molar-refractivity contribution in [2.24, 2.45) is 18.9 Å². The molecule has 1 aromatic heterocycles. The standard InChI is InChI=1S/C37H41N7O12S/c1-21-31-30(22(2)46)35(48)42(31)32(36(49)55-19-23-4-8-25(9-5-23)43(51)52)33(21)57-27-16-28(34(47)40(14-15-45)18-29-38-12-13-39(29)3)41(17-27)37(50)56-20-24-6-10-26(11-7-24)44(53)54/h4-13,21-22,27-28,30-31,45-46H,14-20H2,1-3H3/t21-,22-,27+,28+,30-,31-/m1/s1. The minimum atomic E-state index is -1.07. The van der Waals surface area contributed by atoms with Crippen molar-refractivity contribution in [2.75, 3.05) is 19.7 Å². The maximum Gasteiger partial charge on any atom is 0.410 e. The van der Waals surface area contributed by atoms with E-state index in [0.29, 0.717) is 21.9 Å². The monoisotopic (exact) mass is 807 g/mol. The number of aromatic nitrogens is 2. The van der Waals surface area contributed by atoms with Crippen LogP contribution < -0.4 is 0 Å². The number of amides is 3. The average molecular weight is 808 g/mol. The number of non-ortho nitro benzene ring substituents is 2. The molecule has 2 N–H and O–H groups in total. The smallest absolute Gasteiger partial charge is 0.410 e. The molecule has 6 rings (SSSR count). The zero-order valence-corrected chi connectivity index (χ0v) is 32.0. The number of aliphatic hydroxyl groups is 2. The van der Waals surface area contributed by atoms with Crippen molar-refractivity contribution in [3.05, 3.63) is 109 Å². The Balaban J connectivity index is 1.26. The van der Waals surface area contributed by atoms with Crippen molar-refractivity contribution in [2.45, 2.75) is 63.5 Å². The zero-order chi connectivity index (χ0) is 41.1. The second kappa shape index (κ2) is 17.1. The molecule has 2 aromatic carbocycles. The summed E-state index contributed by atoms with van der Waals surface area (Å²) in [6, 6.07) is 9.30. The number of rotatable bonds is 15. The first-order chi connectivity index (χ1) is 27.2. The average Bonchev–Trinajstić information content (AvgIpc) is 3.86. The van der Waals surface area contributed by atoms with Crippen LogP contribution in [0.5, 0.6) is 0 Å². The molecule has 0 aliphatic carbocycles. The van der Waals surface area contributed by atoms with Crippen molar-refractivity contribution in [3.63, 3.8) is 0 Å². The van der Waals surface area contributed by atoms with Gasteiger partial charge in [-0.25, -0.2) is 14.6 Å². The van der Waals surface area contributed by atoms with E-state index in [0.717, 1.165) is 0 Å². The number of β-lactam (4-membered cyclic amide) rings is 1. The van der Waals surface area contributed by atoms with E-state index in [1.54, 1.807) is 24.0 Å². The highest BCUT2D eigenvalue weighted by atomic mass is 32.2. The van der Waals surface area contributed by atoms with Crippen LogP contribution in [0.2, 0.25) is 0 Å². The number of aryl methyl sites for hydroxylation is 1. The number of aliphatic hydroxyl groups excluding tert-OH is 2. The molecule has 2 saturated heterocycles. The third-order valence-corrected chi connectivity index (χ3v) is 11.8. The third kappa shape index (κ3) is 8.47. The van der Waals surface area contributed by atoms with E-state index in [4.69, 9.17) is 9.47 Å². The van der Waals surface area contributed by atoms with Crippen molar-refractivity contribution < 1.29 is 48.7 Å². The van der Waals surface area contributed by atoms with Crippen molar-refractivity contribution in [1.29, 1.82) is 0 Å². The molecule has 3 aliphatic heterocycles. The molecule has 302 valence electrons. The predicted octanol–water partition coefficient (Wildman–Crippen LogP) is 2.88. The molecule has 20 heteroatoms. The highest BCUT2D eigenvalue weighted by Crippen LogP contribution is 2.52. The molecule has 0 bridgehead atoms. The molecule has 2 fully saturated rings. The maximum atomic E-state index is 14.3. The summed E-state index contributed by atoms with van der Waals surface area (Å²) in [4.78, 5) is 85.1. The molecule has 3 aromatic rings. The van der Waals surface area contributed by atoms with Crippen LogP contribution in [0.4, 0.5) is 16.2 Å². The summed E-state index contributed by atoms with van der Waals surface area (Å²) in [7, 11) is 1.76. The van der Waals surface area contributed by atoms with Crippen LogP contribution in [0.15, 0.2) is 71.5 Å². The van der Waals surface area contributed by atoms with Gasteiger partial charge in [-0.3, -0.25) is 34.7 Å². The van der Waals surface area contributed by atoms with E-state index in [-0.39, 0.29) is 62.9 Å². The molecule has 4 heterocycles. The molecule has 6 atom stereocenters. The second-order valence-electron chi connectivity index (χ2n) is 14.0. The van der Waals surface area contributed by atoms with E-state index >= 15 is 0 Å². The largest absolute Gasteiger partial charge is 0.456 e. The first-order valence-corrected chi connectivity index (χ1v) is 18.9. The van der Waals surface area contributed by atoms with Gasteiger partial charge in [-0.05, 0) is 48.7 Å². The lowest BCUT2D eigenvalue weighted by atomic mass is 9.79. The minimum Gasteiger partial charge on any atom is -0.456 e. The lowest BCUT2D eigenvalue weighted by molar-refractivity contribution is -0.385.